The van der Waals surface area contributed by atoms with Crippen LogP contribution in [0.3, 0.4) is 0 Å². The number of hydrogen-bond acceptors (Lipinski definition) is 1. The molecule has 0 fully saturated rings. The molecule has 0 bridgehead atoms. The molecule has 0 aliphatic rings. The topological polar surface area (TPSA) is 3.24 Å². The Morgan fingerprint density at radius 2 is 1.88 bits per heavy atom. The standard InChI is InChI=1S/C15H17N/c1-3-10-16(2)12-13-8-9-14-6-4-5-7-15(14)11-13/h3-9,11H,1,10,12H2,2H3. The number of benzene rings is 2. The molecule has 0 atom stereocenters. The minimum Gasteiger partial charge on any atom is -0.298 e. The van der Waals surface area contributed by atoms with Gasteiger partial charge in [0.05, 0.1) is 0 Å². The van der Waals surface area contributed by atoms with Gasteiger partial charge in [0, 0.05) is 13.1 Å². The van der Waals surface area contributed by atoms with E-state index in [1.807, 2.05) is 6.08 Å². The minimum absolute atomic E-state index is 0.923. The lowest BCUT2D eigenvalue weighted by molar-refractivity contribution is 0.364. The first-order valence-corrected chi connectivity index (χ1v) is 5.57. The normalized spacial score (nSPS) is 10.9. The molecule has 0 radical (unpaired) electrons. The molecule has 0 aromatic heterocycles. The zero-order valence-electron chi connectivity index (χ0n) is 9.69. The number of likely N-dealkylation sites (N-methyl/N-ethyl adjacent to an activating group) is 1. The van der Waals surface area contributed by atoms with Gasteiger partial charge in [-0.3, -0.25) is 4.90 Å². The average molecular weight is 211 g/mol. The smallest absolute Gasteiger partial charge is 0.0234 e. The highest BCUT2D eigenvalue weighted by atomic mass is 15.1. The lowest BCUT2D eigenvalue weighted by atomic mass is 10.1. The summed E-state index contributed by atoms with van der Waals surface area (Å²) in [4.78, 5) is 2.25. The van der Waals surface area contributed by atoms with E-state index < -0.39 is 0 Å². The van der Waals surface area contributed by atoms with Gasteiger partial charge in [0.2, 0.25) is 0 Å². The SMILES string of the molecule is C=CCN(C)Cc1ccc2ccccc2c1. The molecule has 0 unspecified atom stereocenters. The van der Waals surface area contributed by atoms with Crippen molar-refractivity contribution in [2.24, 2.45) is 0 Å². The first-order valence-electron chi connectivity index (χ1n) is 5.57. The van der Waals surface area contributed by atoms with Gasteiger partial charge in [0.15, 0.2) is 0 Å². The van der Waals surface area contributed by atoms with Crippen LogP contribution in [0.5, 0.6) is 0 Å². The Morgan fingerprint density at radius 1 is 1.12 bits per heavy atom. The fraction of sp³-hybridized carbons (Fsp3) is 0.200. The number of fused-ring (bicyclic) bond motifs is 1. The maximum Gasteiger partial charge on any atom is 0.0234 e. The summed E-state index contributed by atoms with van der Waals surface area (Å²) in [6, 6.07) is 15.1. The third kappa shape index (κ3) is 2.50. The second-order valence-corrected chi connectivity index (χ2v) is 4.17. The Bertz CT molecular complexity index is 488. The summed E-state index contributed by atoms with van der Waals surface area (Å²) in [6.07, 6.45) is 1.93. The largest absolute Gasteiger partial charge is 0.298 e. The van der Waals surface area contributed by atoms with E-state index in [1.165, 1.54) is 16.3 Å². The van der Waals surface area contributed by atoms with Gasteiger partial charge in [-0.15, -0.1) is 6.58 Å². The van der Waals surface area contributed by atoms with Crippen molar-refractivity contribution >= 4 is 10.8 Å². The second-order valence-electron chi connectivity index (χ2n) is 4.17. The average Bonchev–Trinajstić information content (AvgIpc) is 2.29. The lowest BCUT2D eigenvalue weighted by Gasteiger charge is -2.14. The lowest BCUT2D eigenvalue weighted by Crippen LogP contribution is -2.17. The molecule has 1 heteroatoms. The van der Waals surface area contributed by atoms with Crippen LogP contribution >= 0.6 is 0 Å². The van der Waals surface area contributed by atoms with E-state index in [1.54, 1.807) is 0 Å². The van der Waals surface area contributed by atoms with Gasteiger partial charge in [0.25, 0.3) is 0 Å². The van der Waals surface area contributed by atoms with Gasteiger partial charge in [-0.1, -0.05) is 42.5 Å². The molecule has 0 heterocycles. The van der Waals surface area contributed by atoms with Gasteiger partial charge in [-0.2, -0.15) is 0 Å². The van der Waals surface area contributed by atoms with Crippen LogP contribution in [0.15, 0.2) is 55.1 Å². The molecule has 0 N–H and O–H groups in total. The van der Waals surface area contributed by atoms with Gasteiger partial charge >= 0.3 is 0 Å². The predicted octanol–water partition coefficient (Wildman–Crippen LogP) is 3.46. The van der Waals surface area contributed by atoms with Crippen molar-refractivity contribution in [2.45, 2.75) is 6.54 Å². The quantitative estimate of drug-likeness (QED) is 0.700. The molecule has 0 saturated carbocycles. The van der Waals surface area contributed by atoms with Crippen molar-refractivity contribution in [1.29, 1.82) is 0 Å². The maximum atomic E-state index is 3.75. The zero-order chi connectivity index (χ0) is 11.4. The van der Waals surface area contributed by atoms with Crippen molar-refractivity contribution in [1.82, 2.24) is 4.90 Å². The highest BCUT2D eigenvalue weighted by molar-refractivity contribution is 5.82. The minimum atomic E-state index is 0.923. The van der Waals surface area contributed by atoms with Gasteiger partial charge in [0.1, 0.15) is 0 Å². The molecular formula is C15H17N. The second kappa shape index (κ2) is 4.95. The summed E-state index contributed by atoms with van der Waals surface area (Å²) in [5, 5.41) is 2.62. The molecule has 0 spiro atoms. The summed E-state index contributed by atoms with van der Waals surface area (Å²) >= 11 is 0. The van der Waals surface area contributed by atoms with E-state index in [9.17, 15) is 0 Å². The maximum absolute atomic E-state index is 3.75. The van der Waals surface area contributed by atoms with Crippen LogP contribution in [-0.2, 0) is 6.54 Å². The fourth-order valence-corrected chi connectivity index (χ4v) is 1.93. The highest BCUT2D eigenvalue weighted by Gasteiger charge is 1.99. The number of nitrogens with zero attached hydrogens (tertiary/aromatic N) is 1. The third-order valence-electron chi connectivity index (χ3n) is 2.71. The van der Waals surface area contributed by atoms with Crippen LogP contribution in [0.25, 0.3) is 10.8 Å². The molecule has 2 aromatic carbocycles. The molecular weight excluding hydrogens is 194 g/mol. The van der Waals surface area contributed by atoms with Crippen LogP contribution in [0, 0.1) is 0 Å². The number of rotatable bonds is 4. The monoisotopic (exact) mass is 211 g/mol. The highest BCUT2D eigenvalue weighted by Crippen LogP contribution is 2.16. The van der Waals surface area contributed by atoms with Crippen LogP contribution in [-0.4, -0.2) is 18.5 Å². The first-order chi connectivity index (χ1) is 7.79. The number of hydrogen-bond donors (Lipinski definition) is 0. The van der Waals surface area contributed by atoms with Crippen LogP contribution in [0.4, 0.5) is 0 Å². The van der Waals surface area contributed by atoms with Crippen LogP contribution in [0.2, 0.25) is 0 Å². The summed E-state index contributed by atoms with van der Waals surface area (Å²) in [6.45, 7) is 5.64. The summed E-state index contributed by atoms with van der Waals surface area (Å²) < 4.78 is 0. The van der Waals surface area contributed by atoms with Crippen molar-refractivity contribution < 1.29 is 0 Å². The predicted molar refractivity (Wildman–Crippen MR) is 70.5 cm³/mol. The molecule has 2 aromatic rings. The first kappa shape index (κ1) is 10.9. The van der Waals surface area contributed by atoms with Crippen molar-refractivity contribution in [3.8, 4) is 0 Å². The zero-order valence-corrected chi connectivity index (χ0v) is 9.69. The van der Waals surface area contributed by atoms with E-state index in [0.29, 0.717) is 0 Å². The third-order valence-corrected chi connectivity index (χ3v) is 2.71. The fourth-order valence-electron chi connectivity index (χ4n) is 1.93. The molecule has 0 saturated heterocycles. The Hall–Kier alpha value is -1.60. The van der Waals surface area contributed by atoms with E-state index in [4.69, 9.17) is 0 Å². The molecule has 1 nitrogen and oxygen atoms in total. The Balaban J connectivity index is 2.22. The molecule has 82 valence electrons. The van der Waals surface area contributed by atoms with Crippen molar-refractivity contribution in [3.63, 3.8) is 0 Å². The Labute approximate surface area is 97.0 Å². The summed E-state index contributed by atoms with van der Waals surface area (Å²) in [5.74, 6) is 0. The van der Waals surface area contributed by atoms with Crippen molar-refractivity contribution in [2.75, 3.05) is 13.6 Å². The summed E-state index contributed by atoms with van der Waals surface area (Å²) in [5.41, 5.74) is 1.35. The molecule has 16 heavy (non-hydrogen) atoms. The van der Waals surface area contributed by atoms with Gasteiger partial charge in [-0.05, 0) is 29.4 Å². The van der Waals surface area contributed by atoms with E-state index >= 15 is 0 Å². The van der Waals surface area contributed by atoms with Crippen molar-refractivity contribution in [3.05, 3.63) is 60.7 Å². The van der Waals surface area contributed by atoms with E-state index in [-0.39, 0.29) is 0 Å². The van der Waals surface area contributed by atoms with Gasteiger partial charge in [-0.25, -0.2) is 0 Å². The van der Waals surface area contributed by atoms with Crippen LogP contribution < -0.4 is 0 Å². The summed E-state index contributed by atoms with van der Waals surface area (Å²) in [7, 11) is 2.11. The van der Waals surface area contributed by atoms with Gasteiger partial charge < -0.3 is 0 Å². The molecule has 0 aliphatic heterocycles. The molecule has 2 rings (SSSR count). The molecule has 0 amide bonds. The van der Waals surface area contributed by atoms with Crippen LogP contribution in [0.1, 0.15) is 5.56 Å². The molecule has 0 aliphatic carbocycles. The Morgan fingerprint density at radius 3 is 2.62 bits per heavy atom. The van der Waals surface area contributed by atoms with E-state index in [2.05, 4.69) is 61.0 Å². The van der Waals surface area contributed by atoms with E-state index in [0.717, 1.165) is 13.1 Å². The Kier molecular flexibility index (Phi) is 3.37.